The maximum Gasteiger partial charge on any atom is 0.261 e. The van der Waals surface area contributed by atoms with Crippen molar-refractivity contribution in [1.82, 2.24) is 13.9 Å². The first-order valence-corrected chi connectivity index (χ1v) is 8.28. The van der Waals surface area contributed by atoms with Gasteiger partial charge in [0.05, 0.1) is 0 Å². The molecule has 1 heterocycles. The molecule has 0 aromatic carbocycles. The van der Waals surface area contributed by atoms with Crippen LogP contribution in [0.4, 0.5) is 0 Å². The molecule has 0 amide bonds. The molecule has 0 saturated heterocycles. The van der Waals surface area contributed by atoms with Crippen LogP contribution >= 0.6 is 15.9 Å². The van der Waals surface area contributed by atoms with E-state index in [-0.39, 0.29) is 5.03 Å². The fraction of sp³-hybridized carbons (Fsp3) is 0.727. The normalized spacial score (nSPS) is 14.1. The Morgan fingerprint density at radius 2 is 2.17 bits per heavy atom. The first-order chi connectivity index (χ1) is 8.28. The third-order valence-corrected chi connectivity index (χ3v) is 5.00. The third-order valence-electron chi connectivity index (χ3n) is 2.81. The van der Waals surface area contributed by atoms with E-state index in [1.807, 2.05) is 25.3 Å². The van der Waals surface area contributed by atoms with Crippen LogP contribution in [-0.2, 0) is 16.6 Å². The molecule has 7 heteroatoms. The molecular formula is C11H20BrN3O2S. The van der Waals surface area contributed by atoms with Crippen molar-refractivity contribution in [3.63, 3.8) is 0 Å². The Hall–Kier alpha value is -0.400. The zero-order chi connectivity index (χ0) is 13.9. The molecule has 0 fully saturated rings. The van der Waals surface area contributed by atoms with Gasteiger partial charge >= 0.3 is 0 Å². The summed E-state index contributed by atoms with van der Waals surface area (Å²) in [6.45, 7) is 6.96. The van der Waals surface area contributed by atoms with Crippen molar-refractivity contribution >= 4 is 26.0 Å². The molecule has 1 rings (SSSR count). The predicted octanol–water partition coefficient (Wildman–Crippen LogP) is 2.01. The van der Waals surface area contributed by atoms with Gasteiger partial charge < -0.3 is 4.57 Å². The average molecular weight is 338 g/mol. The van der Waals surface area contributed by atoms with Gasteiger partial charge in [0.25, 0.3) is 10.0 Å². The molecule has 1 unspecified atom stereocenters. The summed E-state index contributed by atoms with van der Waals surface area (Å²) in [6, 6.07) is 0. The molecule has 0 aliphatic heterocycles. The zero-order valence-electron chi connectivity index (χ0n) is 11.2. The van der Waals surface area contributed by atoms with Crippen LogP contribution in [0.5, 0.6) is 0 Å². The highest BCUT2D eigenvalue weighted by atomic mass is 79.9. The highest BCUT2D eigenvalue weighted by Crippen LogP contribution is 2.15. The van der Waals surface area contributed by atoms with Crippen LogP contribution in [0.3, 0.4) is 0 Å². The number of imidazole rings is 1. The van der Waals surface area contributed by atoms with E-state index in [2.05, 4.69) is 20.9 Å². The fourth-order valence-corrected chi connectivity index (χ4v) is 2.94. The summed E-state index contributed by atoms with van der Waals surface area (Å²) in [5.74, 6) is 0.721. The summed E-state index contributed by atoms with van der Waals surface area (Å²) in [5.41, 5.74) is 0. The maximum absolute atomic E-state index is 12.3. The van der Waals surface area contributed by atoms with Crippen LogP contribution in [0.25, 0.3) is 0 Å². The zero-order valence-corrected chi connectivity index (χ0v) is 13.6. The quantitative estimate of drug-likeness (QED) is 0.746. The molecule has 0 saturated carbocycles. The SMILES string of the molecule is CCn1cc(S(=O)(=O)N(C)CCC(C)Br)nc1C. The number of hydrogen-bond acceptors (Lipinski definition) is 3. The van der Waals surface area contributed by atoms with Gasteiger partial charge in [-0.1, -0.05) is 22.9 Å². The van der Waals surface area contributed by atoms with E-state index in [4.69, 9.17) is 0 Å². The Morgan fingerprint density at radius 3 is 2.61 bits per heavy atom. The van der Waals surface area contributed by atoms with Crippen molar-refractivity contribution in [2.75, 3.05) is 13.6 Å². The molecule has 0 aliphatic rings. The van der Waals surface area contributed by atoms with Crippen molar-refractivity contribution in [2.24, 2.45) is 0 Å². The van der Waals surface area contributed by atoms with Gasteiger partial charge in [-0.3, -0.25) is 0 Å². The van der Waals surface area contributed by atoms with Gasteiger partial charge in [-0.2, -0.15) is 4.31 Å². The second kappa shape index (κ2) is 6.16. The number of sulfonamides is 1. The molecule has 0 radical (unpaired) electrons. The summed E-state index contributed by atoms with van der Waals surface area (Å²) in [6.07, 6.45) is 2.36. The van der Waals surface area contributed by atoms with Gasteiger partial charge in [-0.15, -0.1) is 0 Å². The van der Waals surface area contributed by atoms with Gasteiger partial charge in [-0.05, 0) is 20.3 Å². The van der Waals surface area contributed by atoms with E-state index in [0.717, 1.165) is 18.8 Å². The van der Waals surface area contributed by atoms with Crippen LogP contribution < -0.4 is 0 Å². The smallest absolute Gasteiger partial charge is 0.261 e. The Kier molecular flexibility index (Phi) is 5.36. The van der Waals surface area contributed by atoms with E-state index in [0.29, 0.717) is 11.4 Å². The van der Waals surface area contributed by atoms with Crippen LogP contribution in [-0.4, -0.2) is 40.7 Å². The van der Waals surface area contributed by atoms with Crippen LogP contribution in [0.15, 0.2) is 11.2 Å². The second-order valence-electron chi connectivity index (χ2n) is 4.31. The van der Waals surface area contributed by atoms with Crippen molar-refractivity contribution in [3.05, 3.63) is 12.0 Å². The fourth-order valence-electron chi connectivity index (χ4n) is 1.56. The van der Waals surface area contributed by atoms with E-state index >= 15 is 0 Å². The number of alkyl halides is 1. The molecule has 1 atom stereocenters. The van der Waals surface area contributed by atoms with E-state index in [9.17, 15) is 8.42 Å². The predicted molar refractivity (Wildman–Crippen MR) is 75.5 cm³/mol. The highest BCUT2D eigenvalue weighted by molar-refractivity contribution is 9.09. The average Bonchev–Trinajstić information content (AvgIpc) is 2.67. The minimum Gasteiger partial charge on any atom is -0.334 e. The molecule has 1 aromatic rings. The number of aryl methyl sites for hydroxylation is 2. The molecule has 1 aromatic heterocycles. The van der Waals surface area contributed by atoms with E-state index < -0.39 is 10.0 Å². The summed E-state index contributed by atoms with van der Waals surface area (Å²) in [7, 11) is -1.88. The van der Waals surface area contributed by atoms with Gasteiger partial charge in [0.2, 0.25) is 0 Å². The topological polar surface area (TPSA) is 55.2 Å². The Labute approximate surface area is 117 Å². The number of halogens is 1. The first-order valence-electron chi connectivity index (χ1n) is 5.93. The molecule has 0 N–H and O–H groups in total. The number of hydrogen-bond donors (Lipinski definition) is 0. The van der Waals surface area contributed by atoms with Crippen LogP contribution in [0.1, 0.15) is 26.1 Å². The Bertz CT molecular complexity index is 496. The molecule has 5 nitrogen and oxygen atoms in total. The molecule has 18 heavy (non-hydrogen) atoms. The van der Waals surface area contributed by atoms with Gasteiger partial charge in [0.15, 0.2) is 5.03 Å². The minimum absolute atomic E-state index is 0.131. The molecule has 0 aliphatic carbocycles. The largest absolute Gasteiger partial charge is 0.334 e. The van der Waals surface area contributed by atoms with E-state index in [1.165, 1.54) is 4.31 Å². The van der Waals surface area contributed by atoms with Crippen LogP contribution in [0, 0.1) is 6.92 Å². The van der Waals surface area contributed by atoms with Crippen molar-refractivity contribution in [3.8, 4) is 0 Å². The van der Waals surface area contributed by atoms with Crippen molar-refractivity contribution in [1.29, 1.82) is 0 Å². The van der Waals surface area contributed by atoms with Crippen LogP contribution in [0.2, 0.25) is 0 Å². The van der Waals surface area contributed by atoms with Gasteiger partial charge in [0, 0.05) is 31.2 Å². The maximum atomic E-state index is 12.3. The summed E-state index contributed by atoms with van der Waals surface area (Å²) >= 11 is 3.41. The lowest BCUT2D eigenvalue weighted by molar-refractivity contribution is 0.459. The van der Waals surface area contributed by atoms with Crippen molar-refractivity contribution < 1.29 is 8.42 Å². The number of rotatable bonds is 6. The molecule has 0 bridgehead atoms. The summed E-state index contributed by atoms with van der Waals surface area (Å²) < 4.78 is 27.7. The number of nitrogens with zero attached hydrogens (tertiary/aromatic N) is 3. The molecular weight excluding hydrogens is 318 g/mol. The van der Waals surface area contributed by atoms with Crippen molar-refractivity contribution in [2.45, 2.75) is 43.6 Å². The highest BCUT2D eigenvalue weighted by Gasteiger charge is 2.24. The Morgan fingerprint density at radius 1 is 1.56 bits per heavy atom. The summed E-state index contributed by atoms with van der Waals surface area (Å²) in [4.78, 5) is 4.42. The van der Waals surface area contributed by atoms with Gasteiger partial charge in [0.1, 0.15) is 5.82 Å². The lowest BCUT2D eigenvalue weighted by atomic mass is 10.3. The molecule has 104 valence electrons. The van der Waals surface area contributed by atoms with E-state index in [1.54, 1.807) is 13.2 Å². The number of aromatic nitrogens is 2. The second-order valence-corrected chi connectivity index (χ2v) is 7.86. The van der Waals surface area contributed by atoms with Gasteiger partial charge in [-0.25, -0.2) is 13.4 Å². The lowest BCUT2D eigenvalue weighted by Crippen LogP contribution is -2.29. The summed E-state index contributed by atoms with van der Waals surface area (Å²) in [5, 5.41) is 0.131. The monoisotopic (exact) mass is 337 g/mol. The first kappa shape index (κ1) is 15.7. The third kappa shape index (κ3) is 3.55. The Balaban J connectivity index is 2.91. The lowest BCUT2D eigenvalue weighted by Gasteiger charge is -2.16. The standard InChI is InChI=1S/C11H20BrN3O2S/c1-5-15-8-11(13-10(15)3)18(16,17)14(4)7-6-9(2)12/h8-9H,5-7H2,1-4H3. The molecule has 0 spiro atoms. The minimum atomic E-state index is -3.47.